The van der Waals surface area contributed by atoms with Crippen molar-refractivity contribution in [1.29, 1.82) is 0 Å². The van der Waals surface area contributed by atoms with E-state index in [1.807, 2.05) is 84.9 Å². The monoisotopic (exact) mass is 582 g/mol. The van der Waals surface area contributed by atoms with Gasteiger partial charge in [0.15, 0.2) is 0 Å². The van der Waals surface area contributed by atoms with Crippen LogP contribution in [-0.4, -0.2) is 21.8 Å². The zero-order chi connectivity index (χ0) is 30.1. The Morgan fingerprint density at radius 1 is 0.500 bits per heavy atom. The van der Waals surface area contributed by atoms with E-state index >= 15 is 0 Å². The fourth-order valence-corrected chi connectivity index (χ4v) is 4.82. The van der Waals surface area contributed by atoms with Gasteiger partial charge in [0.2, 0.25) is 11.5 Å². The van der Waals surface area contributed by atoms with Crippen LogP contribution in [0.5, 0.6) is 0 Å². The van der Waals surface area contributed by atoms with Gasteiger partial charge in [0.25, 0.3) is 23.6 Å². The van der Waals surface area contributed by atoms with Gasteiger partial charge in [0.1, 0.15) is 0 Å². The highest BCUT2D eigenvalue weighted by atomic mass is 16.4. The summed E-state index contributed by atoms with van der Waals surface area (Å²) in [6, 6.07) is 35.9. The molecule has 2 heterocycles. The Bertz CT molecular complexity index is 1720. The fourth-order valence-electron chi connectivity index (χ4n) is 4.82. The quantitative estimate of drug-likeness (QED) is 0.165. The zero-order valence-electron chi connectivity index (χ0n) is 23.9. The predicted molar refractivity (Wildman–Crippen MR) is 168 cm³/mol. The number of oxazole rings is 2. The molecule has 0 saturated heterocycles. The molecule has 2 amide bonds. The van der Waals surface area contributed by atoms with E-state index < -0.39 is 11.8 Å². The van der Waals surface area contributed by atoms with Crippen LogP contribution >= 0.6 is 0 Å². The molecular formula is C36H30N4O4. The van der Waals surface area contributed by atoms with Gasteiger partial charge in [-0.2, -0.15) is 0 Å². The van der Waals surface area contributed by atoms with Crippen LogP contribution < -0.4 is 10.6 Å². The minimum absolute atomic E-state index is 0.00581. The van der Waals surface area contributed by atoms with E-state index in [2.05, 4.69) is 44.9 Å². The molecule has 0 unspecified atom stereocenters. The van der Waals surface area contributed by atoms with Crippen LogP contribution in [0.2, 0.25) is 0 Å². The molecule has 0 aliphatic carbocycles. The van der Waals surface area contributed by atoms with Gasteiger partial charge in [-0.25, -0.2) is 9.97 Å². The van der Waals surface area contributed by atoms with Crippen LogP contribution in [0.1, 0.15) is 43.4 Å². The molecule has 8 nitrogen and oxygen atoms in total. The maximum Gasteiger partial charge on any atom is 0.293 e. The Kier molecular flexibility index (Phi) is 8.69. The number of nitrogens with zero attached hydrogens (tertiary/aromatic N) is 2. The molecular weight excluding hydrogens is 552 g/mol. The van der Waals surface area contributed by atoms with Crippen molar-refractivity contribution in [1.82, 2.24) is 9.97 Å². The Morgan fingerprint density at radius 3 is 1.32 bits per heavy atom. The first-order valence-corrected chi connectivity index (χ1v) is 14.4. The van der Waals surface area contributed by atoms with Crippen LogP contribution in [0, 0.1) is 0 Å². The van der Waals surface area contributed by atoms with E-state index in [-0.39, 0.29) is 23.3 Å². The second-order valence-electron chi connectivity index (χ2n) is 10.3. The number of aryl methyl sites for hydroxylation is 4. The van der Waals surface area contributed by atoms with Gasteiger partial charge in [-0.3, -0.25) is 9.59 Å². The van der Waals surface area contributed by atoms with E-state index in [4.69, 9.17) is 8.83 Å². The number of aromatic nitrogens is 2. The highest BCUT2D eigenvalue weighted by Crippen LogP contribution is 2.22. The van der Waals surface area contributed by atoms with E-state index in [0.717, 1.165) is 36.8 Å². The van der Waals surface area contributed by atoms with Gasteiger partial charge in [0, 0.05) is 11.4 Å². The number of rotatable bonds is 11. The van der Waals surface area contributed by atoms with E-state index in [1.54, 1.807) is 0 Å². The maximum absolute atomic E-state index is 12.9. The van der Waals surface area contributed by atoms with Gasteiger partial charge >= 0.3 is 0 Å². The summed E-state index contributed by atoms with van der Waals surface area (Å²) < 4.78 is 11.2. The molecule has 2 aromatic heterocycles. The van der Waals surface area contributed by atoms with Crippen LogP contribution in [0.4, 0.5) is 11.4 Å². The molecule has 0 spiro atoms. The summed E-state index contributed by atoms with van der Waals surface area (Å²) in [5.41, 5.74) is 6.03. The molecule has 0 radical (unpaired) electrons. The summed E-state index contributed by atoms with van der Waals surface area (Å²) in [5, 5.41) is 5.69. The fraction of sp³-hybridized carbons (Fsp3) is 0.111. The van der Waals surface area contributed by atoms with Crippen molar-refractivity contribution in [3.63, 3.8) is 0 Å². The Balaban J connectivity index is 1.04. The van der Waals surface area contributed by atoms with Crippen molar-refractivity contribution in [2.45, 2.75) is 25.7 Å². The summed E-state index contributed by atoms with van der Waals surface area (Å²) in [6.45, 7) is 0. The molecule has 6 rings (SSSR count). The Hall–Kier alpha value is -5.76. The molecule has 0 fully saturated rings. The number of carbonyl (C=O) groups excluding carboxylic acids is 2. The lowest BCUT2D eigenvalue weighted by atomic mass is 10.0. The van der Waals surface area contributed by atoms with E-state index in [9.17, 15) is 9.59 Å². The summed E-state index contributed by atoms with van der Waals surface area (Å²) >= 11 is 0. The lowest BCUT2D eigenvalue weighted by molar-refractivity contribution is 0.0987. The molecule has 4 aromatic carbocycles. The third-order valence-electron chi connectivity index (χ3n) is 7.10. The van der Waals surface area contributed by atoms with Crippen LogP contribution in [-0.2, 0) is 25.7 Å². The van der Waals surface area contributed by atoms with Crippen LogP contribution in [0.3, 0.4) is 0 Å². The molecule has 8 heteroatoms. The molecule has 0 bridgehead atoms. The first-order valence-electron chi connectivity index (χ1n) is 14.4. The SMILES string of the molecule is O=C(Nc1cccc(CCc2ccccc2)c1)c1cnc(-c2ncc(C(=O)Nc3cccc(CCc4ccccc4)c3)o2)o1. The number of anilines is 2. The van der Waals surface area contributed by atoms with Gasteiger partial charge < -0.3 is 19.5 Å². The highest BCUT2D eigenvalue weighted by molar-refractivity contribution is 6.03. The molecule has 44 heavy (non-hydrogen) atoms. The van der Waals surface area contributed by atoms with Crippen LogP contribution in [0.25, 0.3) is 11.8 Å². The van der Waals surface area contributed by atoms with Crippen molar-refractivity contribution in [3.05, 3.63) is 155 Å². The third kappa shape index (κ3) is 7.35. The summed E-state index contributed by atoms with van der Waals surface area (Å²) in [6.07, 6.45) is 6.10. The Morgan fingerprint density at radius 2 is 0.886 bits per heavy atom. The predicted octanol–water partition coefficient (Wildman–Crippen LogP) is 7.40. The normalized spacial score (nSPS) is 10.8. The van der Waals surface area contributed by atoms with Gasteiger partial charge in [-0.15, -0.1) is 0 Å². The number of hydrogen-bond acceptors (Lipinski definition) is 6. The first kappa shape index (κ1) is 28.4. The van der Waals surface area contributed by atoms with E-state index in [0.29, 0.717) is 11.4 Å². The standard InChI is InChI=1S/C36H30N4O4/c41-33(39-29-15-7-13-27(21-29)19-17-25-9-3-1-4-10-25)31-23-37-35(43-31)36-38-24-32(44-36)34(42)40-30-16-8-14-28(22-30)20-18-26-11-5-2-6-12-26/h1-16,21-24H,17-20H2,(H,39,41)(H,40,42). The van der Waals surface area contributed by atoms with Gasteiger partial charge in [-0.1, -0.05) is 84.9 Å². The zero-order valence-corrected chi connectivity index (χ0v) is 23.9. The number of benzene rings is 4. The average molecular weight is 583 g/mol. The molecule has 0 aliphatic rings. The lowest BCUT2D eigenvalue weighted by Gasteiger charge is -2.07. The number of carbonyl (C=O) groups is 2. The summed E-state index contributed by atoms with van der Waals surface area (Å²) in [5.74, 6) is -0.943. The number of amides is 2. The molecule has 6 aromatic rings. The summed E-state index contributed by atoms with van der Waals surface area (Å²) in [7, 11) is 0. The van der Waals surface area contributed by atoms with Crippen LogP contribution in [0.15, 0.2) is 130 Å². The van der Waals surface area contributed by atoms with E-state index in [1.165, 1.54) is 23.5 Å². The van der Waals surface area contributed by atoms with Crippen molar-refractivity contribution in [2.24, 2.45) is 0 Å². The highest BCUT2D eigenvalue weighted by Gasteiger charge is 2.20. The van der Waals surface area contributed by atoms with Crippen molar-refractivity contribution >= 4 is 23.2 Å². The lowest BCUT2D eigenvalue weighted by Crippen LogP contribution is -2.11. The topological polar surface area (TPSA) is 110 Å². The number of hydrogen-bond donors (Lipinski definition) is 2. The van der Waals surface area contributed by atoms with Gasteiger partial charge in [-0.05, 0) is 72.2 Å². The minimum Gasteiger partial charge on any atom is -0.427 e. The van der Waals surface area contributed by atoms with Gasteiger partial charge in [0.05, 0.1) is 12.4 Å². The third-order valence-corrected chi connectivity index (χ3v) is 7.10. The molecule has 0 atom stereocenters. The first-order chi connectivity index (χ1) is 21.6. The smallest absolute Gasteiger partial charge is 0.293 e. The maximum atomic E-state index is 12.9. The number of nitrogens with one attached hydrogen (secondary N) is 2. The van der Waals surface area contributed by atoms with Crippen molar-refractivity contribution < 1.29 is 18.4 Å². The minimum atomic E-state index is -0.458. The molecule has 0 aliphatic heterocycles. The molecule has 218 valence electrons. The molecule has 2 N–H and O–H groups in total. The van der Waals surface area contributed by atoms with Crippen molar-refractivity contribution in [3.8, 4) is 11.8 Å². The Labute approximate surface area is 254 Å². The van der Waals surface area contributed by atoms with Crippen molar-refractivity contribution in [2.75, 3.05) is 10.6 Å². The second-order valence-corrected chi connectivity index (χ2v) is 10.3. The molecule has 0 saturated carbocycles. The summed E-state index contributed by atoms with van der Waals surface area (Å²) in [4.78, 5) is 34.0. The largest absolute Gasteiger partial charge is 0.427 e. The average Bonchev–Trinajstić information content (AvgIpc) is 3.75. The second kappa shape index (κ2) is 13.5.